The van der Waals surface area contributed by atoms with Crippen molar-refractivity contribution >= 4 is 32.1 Å². The Kier molecular flexibility index (Phi) is 3.13. The van der Waals surface area contributed by atoms with E-state index in [4.69, 9.17) is 0 Å². The second-order valence-corrected chi connectivity index (χ2v) is 6.41. The Morgan fingerprint density at radius 1 is 1.29 bits per heavy atom. The van der Waals surface area contributed by atoms with E-state index in [1.54, 1.807) is 0 Å². The van der Waals surface area contributed by atoms with Crippen LogP contribution in [0.5, 0.6) is 0 Å². The highest BCUT2D eigenvalue weighted by molar-refractivity contribution is 7.92. The van der Waals surface area contributed by atoms with E-state index in [1.165, 1.54) is 0 Å². The van der Waals surface area contributed by atoms with E-state index >= 15 is 0 Å². The van der Waals surface area contributed by atoms with E-state index in [0.717, 1.165) is 6.33 Å². The van der Waals surface area contributed by atoms with E-state index in [0.29, 0.717) is 16.6 Å². The van der Waals surface area contributed by atoms with Crippen LogP contribution < -0.4 is 5.69 Å². The number of rotatable bonds is 2. The summed E-state index contributed by atoms with van der Waals surface area (Å²) in [5.74, 6) is 0. The Labute approximate surface area is 128 Å². The average Bonchev–Trinajstić information content (AvgIpc) is 2.95. The van der Waals surface area contributed by atoms with E-state index in [9.17, 15) is 36.5 Å². The van der Waals surface area contributed by atoms with Gasteiger partial charge in [0.2, 0.25) is 0 Å². The van der Waals surface area contributed by atoms with Gasteiger partial charge in [-0.3, -0.25) is 10.1 Å². The standard InChI is InChI=1S/C10H4F3N5O5S/c11-10(12,13)24(22,23)7-1-4-5(2-6(7)18(20)21)16-9(19)17-8(4)14-3-15-17/h1-3H,(H,16,19). The van der Waals surface area contributed by atoms with Crippen LogP contribution in [0, 0.1) is 10.1 Å². The molecule has 3 aromatic rings. The molecule has 0 fully saturated rings. The third-order valence-electron chi connectivity index (χ3n) is 3.11. The fourth-order valence-electron chi connectivity index (χ4n) is 2.08. The molecule has 0 bridgehead atoms. The maximum absolute atomic E-state index is 12.8. The number of H-pyrrole nitrogens is 1. The topological polar surface area (TPSA) is 140 Å². The smallest absolute Gasteiger partial charge is 0.305 e. The summed E-state index contributed by atoms with van der Waals surface area (Å²) in [6.07, 6.45) is 0.920. The summed E-state index contributed by atoms with van der Waals surface area (Å²) in [7, 11) is -6.00. The zero-order chi connectivity index (χ0) is 17.9. The molecule has 0 spiro atoms. The minimum atomic E-state index is -6.00. The molecule has 126 valence electrons. The van der Waals surface area contributed by atoms with Crippen molar-refractivity contribution in [2.45, 2.75) is 10.4 Å². The van der Waals surface area contributed by atoms with Gasteiger partial charge in [-0.15, -0.1) is 0 Å². The summed E-state index contributed by atoms with van der Waals surface area (Å²) < 4.78 is 62.3. The molecule has 0 radical (unpaired) electrons. The molecule has 2 aromatic heterocycles. The number of nitro benzene ring substituents is 1. The molecule has 0 atom stereocenters. The highest BCUT2D eigenvalue weighted by Gasteiger charge is 2.50. The molecule has 1 aromatic carbocycles. The summed E-state index contributed by atoms with van der Waals surface area (Å²) in [6.45, 7) is 0. The number of nitrogens with one attached hydrogen (secondary N) is 1. The molecule has 0 aliphatic carbocycles. The van der Waals surface area contributed by atoms with Gasteiger partial charge < -0.3 is 4.98 Å². The highest BCUT2D eigenvalue weighted by atomic mass is 32.2. The van der Waals surface area contributed by atoms with E-state index in [-0.39, 0.29) is 16.6 Å². The van der Waals surface area contributed by atoms with Crippen LogP contribution in [-0.2, 0) is 9.84 Å². The number of benzene rings is 1. The molecule has 0 saturated heterocycles. The van der Waals surface area contributed by atoms with Crippen LogP contribution in [0.25, 0.3) is 16.6 Å². The molecular formula is C10H4F3N5O5S. The number of aromatic amines is 1. The van der Waals surface area contributed by atoms with Gasteiger partial charge in [0.25, 0.3) is 15.5 Å². The van der Waals surface area contributed by atoms with Crippen molar-refractivity contribution < 1.29 is 26.5 Å². The molecule has 0 saturated carbocycles. The van der Waals surface area contributed by atoms with Gasteiger partial charge in [0.15, 0.2) is 10.5 Å². The molecule has 0 aliphatic heterocycles. The van der Waals surface area contributed by atoms with E-state index in [1.807, 2.05) is 0 Å². The Morgan fingerprint density at radius 3 is 2.54 bits per heavy atom. The normalized spacial score (nSPS) is 12.8. The monoisotopic (exact) mass is 363 g/mol. The number of nitro groups is 1. The van der Waals surface area contributed by atoms with Crippen LogP contribution >= 0.6 is 0 Å². The predicted molar refractivity (Wildman–Crippen MR) is 71.0 cm³/mol. The van der Waals surface area contributed by atoms with Crippen molar-refractivity contribution in [3.05, 3.63) is 39.1 Å². The van der Waals surface area contributed by atoms with E-state index < -0.39 is 36.5 Å². The van der Waals surface area contributed by atoms with Crippen molar-refractivity contribution in [2.75, 3.05) is 0 Å². The Balaban J connectivity index is 2.53. The number of nitrogens with zero attached hydrogens (tertiary/aromatic N) is 4. The average molecular weight is 363 g/mol. The molecule has 10 nitrogen and oxygen atoms in total. The molecule has 2 heterocycles. The number of hydrogen-bond donors (Lipinski definition) is 1. The van der Waals surface area contributed by atoms with Crippen LogP contribution in [0.4, 0.5) is 18.9 Å². The fraction of sp³-hybridized carbons (Fsp3) is 0.100. The number of fused-ring (bicyclic) bond motifs is 3. The van der Waals surface area contributed by atoms with Crippen molar-refractivity contribution in [1.29, 1.82) is 0 Å². The van der Waals surface area contributed by atoms with Crippen molar-refractivity contribution in [1.82, 2.24) is 19.6 Å². The van der Waals surface area contributed by atoms with Gasteiger partial charge in [-0.1, -0.05) is 0 Å². The van der Waals surface area contributed by atoms with Crippen LogP contribution in [-0.4, -0.2) is 38.4 Å². The van der Waals surface area contributed by atoms with Crippen molar-refractivity contribution in [3.8, 4) is 0 Å². The van der Waals surface area contributed by atoms with Gasteiger partial charge in [0.05, 0.1) is 10.4 Å². The third-order valence-corrected chi connectivity index (χ3v) is 4.63. The van der Waals surface area contributed by atoms with Crippen LogP contribution in [0.3, 0.4) is 0 Å². The second-order valence-electron chi connectivity index (χ2n) is 4.50. The van der Waals surface area contributed by atoms with Gasteiger partial charge in [0.1, 0.15) is 6.33 Å². The highest BCUT2D eigenvalue weighted by Crippen LogP contribution is 2.37. The number of alkyl halides is 3. The molecule has 3 rings (SSSR count). The molecule has 24 heavy (non-hydrogen) atoms. The summed E-state index contributed by atoms with van der Waals surface area (Å²) in [4.78, 5) is 25.7. The van der Waals surface area contributed by atoms with Crippen molar-refractivity contribution in [2.24, 2.45) is 0 Å². The van der Waals surface area contributed by atoms with Gasteiger partial charge >= 0.3 is 11.2 Å². The van der Waals surface area contributed by atoms with Crippen LogP contribution in [0.15, 0.2) is 28.2 Å². The first-order valence-corrected chi connectivity index (χ1v) is 7.38. The lowest BCUT2D eigenvalue weighted by atomic mass is 10.2. The minimum Gasteiger partial charge on any atom is -0.305 e. The maximum Gasteiger partial charge on any atom is 0.502 e. The summed E-state index contributed by atoms with van der Waals surface area (Å²) in [5, 5.41) is 14.3. The van der Waals surface area contributed by atoms with Gasteiger partial charge in [0, 0.05) is 11.5 Å². The summed E-state index contributed by atoms with van der Waals surface area (Å²) >= 11 is 0. The number of halogens is 3. The largest absolute Gasteiger partial charge is 0.502 e. The van der Waals surface area contributed by atoms with Gasteiger partial charge in [-0.25, -0.2) is 18.2 Å². The number of sulfone groups is 1. The fourth-order valence-corrected chi connectivity index (χ4v) is 3.01. The first kappa shape index (κ1) is 15.9. The lowest BCUT2D eigenvalue weighted by Crippen LogP contribution is -2.24. The summed E-state index contributed by atoms with van der Waals surface area (Å²) in [5.41, 5.74) is -8.41. The first-order valence-electron chi connectivity index (χ1n) is 5.89. The molecule has 0 unspecified atom stereocenters. The summed E-state index contributed by atoms with van der Waals surface area (Å²) in [6, 6.07) is 0.972. The Morgan fingerprint density at radius 2 is 1.96 bits per heavy atom. The predicted octanol–water partition coefficient (Wildman–Crippen LogP) is 0.772. The third kappa shape index (κ3) is 2.10. The van der Waals surface area contributed by atoms with Crippen LogP contribution in [0.1, 0.15) is 0 Å². The van der Waals surface area contributed by atoms with E-state index in [2.05, 4.69) is 15.1 Å². The minimum absolute atomic E-state index is 0.248. The Hall–Kier alpha value is -3.03. The molecular weight excluding hydrogens is 359 g/mol. The lowest BCUT2D eigenvalue weighted by molar-refractivity contribution is -0.387. The van der Waals surface area contributed by atoms with Crippen molar-refractivity contribution in [3.63, 3.8) is 0 Å². The zero-order valence-corrected chi connectivity index (χ0v) is 11.9. The molecule has 14 heteroatoms. The Bertz CT molecular complexity index is 1160. The molecule has 0 amide bonds. The first-order chi connectivity index (χ1) is 11.0. The maximum atomic E-state index is 12.8. The zero-order valence-electron chi connectivity index (χ0n) is 11.1. The lowest BCUT2D eigenvalue weighted by Gasteiger charge is -2.09. The van der Waals surface area contributed by atoms with Gasteiger partial charge in [-0.05, 0) is 6.07 Å². The molecule has 1 N–H and O–H groups in total. The van der Waals surface area contributed by atoms with Crippen LogP contribution in [0.2, 0.25) is 0 Å². The SMILES string of the molecule is O=c1[nH]c2cc([N+](=O)[O-])c(S(=O)(=O)C(F)(F)F)cc2c2ncnn12. The number of hydrogen-bond acceptors (Lipinski definition) is 7. The molecule has 0 aliphatic rings. The second kappa shape index (κ2) is 4.73. The van der Waals surface area contributed by atoms with Gasteiger partial charge in [-0.2, -0.15) is 22.8 Å². The number of aromatic nitrogens is 4. The quantitative estimate of drug-likeness (QED) is 0.524.